The van der Waals surface area contributed by atoms with E-state index in [0.717, 1.165) is 5.56 Å². The number of rotatable bonds is 4. The smallest absolute Gasteiger partial charge is 0.261 e. The van der Waals surface area contributed by atoms with Crippen LogP contribution in [0.15, 0.2) is 30.3 Å². The summed E-state index contributed by atoms with van der Waals surface area (Å²) in [5.74, 6) is -0.109. The van der Waals surface area contributed by atoms with E-state index in [1.807, 2.05) is 30.3 Å². The molecule has 19 heavy (non-hydrogen) atoms. The zero-order valence-corrected chi connectivity index (χ0v) is 11.2. The summed E-state index contributed by atoms with van der Waals surface area (Å²) in [6.45, 7) is 4.27. The Kier molecular flexibility index (Phi) is 4.52. The number of ether oxygens (including phenoxy) is 1. The Bertz CT molecular complexity index is 416. The van der Waals surface area contributed by atoms with Crippen LogP contribution in [0.1, 0.15) is 18.6 Å². The minimum Gasteiger partial charge on any atom is -0.844 e. The summed E-state index contributed by atoms with van der Waals surface area (Å²) in [4.78, 5) is 11.4. The summed E-state index contributed by atoms with van der Waals surface area (Å²) >= 11 is 0. The summed E-state index contributed by atoms with van der Waals surface area (Å²) in [6, 6.07) is 9.29. The van der Waals surface area contributed by atoms with Crippen LogP contribution in [0.5, 0.6) is 0 Å². The lowest BCUT2D eigenvalue weighted by molar-refractivity contribution is -0.975. The second-order valence-electron chi connectivity index (χ2n) is 4.95. The first-order valence-corrected chi connectivity index (χ1v) is 6.55. The predicted molar refractivity (Wildman–Crippen MR) is 68.7 cm³/mol. The van der Waals surface area contributed by atoms with Crippen molar-refractivity contribution in [1.82, 2.24) is 5.43 Å². The Morgan fingerprint density at radius 2 is 2.00 bits per heavy atom. The average molecular weight is 264 g/mol. The first-order chi connectivity index (χ1) is 9.11. The van der Waals surface area contributed by atoms with E-state index >= 15 is 0 Å². The van der Waals surface area contributed by atoms with Gasteiger partial charge >= 0.3 is 0 Å². The summed E-state index contributed by atoms with van der Waals surface area (Å²) in [5.41, 5.74) is 3.68. The van der Waals surface area contributed by atoms with Gasteiger partial charge in [0, 0.05) is 6.92 Å². The lowest BCUT2D eigenvalue weighted by Gasteiger charge is -2.43. The molecule has 1 unspecified atom stereocenters. The van der Waals surface area contributed by atoms with Gasteiger partial charge in [0.05, 0.1) is 19.8 Å². The largest absolute Gasteiger partial charge is 0.844 e. The van der Waals surface area contributed by atoms with Crippen molar-refractivity contribution in [2.45, 2.75) is 13.0 Å². The number of amides is 1. The van der Waals surface area contributed by atoms with Crippen molar-refractivity contribution >= 4 is 5.91 Å². The van der Waals surface area contributed by atoms with Crippen LogP contribution in [0, 0.1) is 0 Å². The molecule has 1 fully saturated rings. The van der Waals surface area contributed by atoms with Crippen molar-refractivity contribution in [3.05, 3.63) is 35.9 Å². The van der Waals surface area contributed by atoms with Gasteiger partial charge in [-0.3, -0.25) is 4.79 Å². The first kappa shape index (κ1) is 14.0. The van der Waals surface area contributed by atoms with E-state index < -0.39 is 6.10 Å². The molecule has 5 heteroatoms. The van der Waals surface area contributed by atoms with Crippen molar-refractivity contribution in [2.75, 3.05) is 32.8 Å². The Morgan fingerprint density at radius 1 is 1.37 bits per heavy atom. The molecule has 5 nitrogen and oxygen atoms in total. The zero-order valence-electron chi connectivity index (χ0n) is 11.2. The SMILES string of the molecule is CC(=O)N[N+]1(CC([O-])c2ccccc2)CCOCC1. The molecule has 1 aliphatic rings. The van der Waals surface area contributed by atoms with Gasteiger partial charge in [0.2, 0.25) is 0 Å². The third-order valence-corrected chi connectivity index (χ3v) is 3.41. The van der Waals surface area contributed by atoms with Crippen LogP contribution in [-0.4, -0.2) is 43.3 Å². The fourth-order valence-corrected chi connectivity index (χ4v) is 2.46. The molecule has 0 radical (unpaired) electrons. The molecular formula is C14H20N2O3. The maximum absolute atomic E-state index is 12.4. The highest BCUT2D eigenvalue weighted by Crippen LogP contribution is 2.16. The zero-order chi connectivity index (χ0) is 13.7. The standard InChI is InChI=1S/C14H20N2O3/c1-12(17)15-16(7-9-19-10-8-16)11-14(18)13-5-3-2-4-6-13/h2-6,14H,7-11H2,1H3,(H,15,17). The molecule has 0 saturated carbocycles. The minimum atomic E-state index is -0.842. The molecule has 1 aliphatic heterocycles. The van der Waals surface area contributed by atoms with Crippen molar-refractivity contribution in [3.8, 4) is 0 Å². The molecule has 1 amide bonds. The molecule has 1 saturated heterocycles. The summed E-state index contributed by atoms with van der Waals surface area (Å²) in [7, 11) is 0. The monoisotopic (exact) mass is 264 g/mol. The summed E-state index contributed by atoms with van der Waals surface area (Å²) < 4.78 is 5.64. The van der Waals surface area contributed by atoms with Crippen LogP contribution in [0.25, 0.3) is 0 Å². The second kappa shape index (κ2) is 6.14. The minimum absolute atomic E-state index is 0.109. The molecule has 1 N–H and O–H groups in total. The third-order valence-electron chi connectivity index (χ3n) is 3.41. The molecule has 0 spiro atoms. The number of nitrogens with one attached hydrogen (secondary N) is 1. The number of hydrogen-bond acceptors (Lipinski definition) is 3. The van der Waals surface area contributed by atoms with Gasteiger partial charge < -0.3 is 9.84 Å². The Balaban J connectivity index is 2.09. The van der Waals surface area contributed by atoms with Crippen molar-refractivity contribution in [2.24, 2.45) is 0 Å². The lowest BCUT2D eigenvalue weighted by Crippen LogP contribution is -2.66. The van der Waals surface area contributed by atoms with Crippen LogP contribution in [0.2, 0.25) is 0 Å². The van der Waals surface area contributed by atoms with Gasteiger partial charge in [-0.25, -0.2) is 10.0 Å². The van der Waals surface area contributed by atoms with E-state index in [1.54, 1.807) is 0 Å². The predicted octanol–water partition coefficient (Wildman–Crippen LogP) is -0.0139. The molecule has 0 aliphatic carbocycles. The molecule has 104 valence electrons. The van der Waals surface area contributed by atoms with Crippen molar-refractivity contribution < 1.29 is 19.2 Å². The molecule has 0 aromatic heterocycles. The number of quaternary nitrogens is 1. The molecule has 1 aromatic rings. The number of nitrogens with zero attached hydrogens (tertiary/aromatic N) is 1. The molecule has 1 atom stereocenters. The molecule has 1 heterocycles. The number of hydrogen-bond donors (Lipinski definition) is 1. The molecule has 2 rings (SSSR count). The average Bonchev–Trinajstić information content (AvgIpc) is 2.39. The number of morpholine rings is 1. The number of carbonyl (C=O) groups excluding carboxylic acids is 1. The second-order valence-corrected chi connectivity index (χ2v) is 4.95. The van der Waals surface area contributed by atoms with E-state index in [2.05, 4.69) is 5.43 Å². The van der Waals surface area contributed by atoms with Gasteiger partial charge in [0.25, 0.3) is 5.91 Å². The molecule has 1 aromatic carbocycles. The van der Waals surface area contributed by atoms with Gasteiger partial charge in [0.15, 0.2) is 0 Å². The fourth-order valence-electron chi connectivity index (χ4n) is 2.46. The van der Waals surface area contributed by atoms with Crippen molar-refractivity contribution in [3.63, 3.8) is 0 Å². The highest BCUT2D eigenvalue weighted by molar-refractivity contribution is 5.71. The Morgan fingerprint density at radius 3 is 2.58 bits per heavy atom. The van der Waals surface area contributed by atoms with Crippen LogP contribution >= 0.6 is 0 Å². The topological polar surface area (TPSA) is 61.4 Å². The van der Waals surface area contributed by atoms with Gasteiger partial charge in [0.1, 0.15) is 13.1 Å². The number of carbonyl (C=O) groups is 1. The third kappa shape index (κ3) is 3.76. The van der Waals surface area contributed by atoms with E-state index in [9.17, 15) is 9.90 Å². The van der Waals surface area contributed by atoms with Crippen LogP contribution in [0.3, 0.4) is 0 Å². The molecular weight excluding hydrogens is 244 g/mol. The van der Waals surface area contributed by atoms with Gasteiger partial charge in [-0.15, -0.1) is 0 Å². The van der Waals surface area contributed by atoms with E-state index in [4.69, 9.17) is 4.74 Å². The summed E-state index contributed by atoms with van der Waals surface area (Å²) in [6.07, 6.45) is -0.842. The van der Waals surface area contributed by atoms with Crippen LogP contribution in [-0.2, 0) is 9.53 Å². The van der Waals surface area contributed by atoms with E-state index in [0.29, 0.717) is 37.4 Å². The molecule has 0 bridgehead atoms. The highest BCUT2D eigenvalue weighted by atomic mass is 16.5. The van der Waals surface area contributed by atoms with Crippen molar-refractivity contribution in [1.29, 1.82) is 0 Å². The Hall–Kier alpha value is -1.43. The van der Waals surface area contributed by atoms with E-state index in [-0.39, 0.29) is 5.91 Å². The maximum atomic E-state index is 12.4. The van der Waals surface area contributed by atoms with Gasteiger partial charge in [-0.05, 0) is 6.10 Å². The lowest BCUT2D eigenvalue weighted by atomic mass is 10.1. The van der Waals surface area contributed by atoms with Crippen LogP contribution < -0.4 is 10.5 Å². The highest BCUT2D eigenvalue weighted by Gasteiger charge is 2.32. The number of benzene rings is 1. The normalized spacial score (nSPS) is 19.7. The van der Waals surface area contributed by atoms with E-state index in [1.165, 1.54) is 6.92 Å². The van der Waals surface area contributed by atoms with Crippen LogP contribution in [0.4, 0.5) is 0 Å². The maximum Gasteiger partial charge on any atom is 0.261 e. The summed E-state index contributed by atoms with van der Waals surface area (Å²) in [5, 5.41) is 12.4. The fraction of sp³-hybridized carbons (Fsp3) is 0.500. The first-order valence-electron chi connectivity index (χ1n) is 6.55. The van der Waals surface area contributed by atoms with Gasteiger partial charge in [-0.1, -0.05) is 35.9 Å². The quantitative estimate of drug-likeness (QED) is 0.778. The van der Waals surface area contributed by atoms with Gasteiger partial charge in [-0.2, -0.15) is 0 Å². The Labute approximate surface area is 113 Å².